The van der Waals surface area contributed by atoms with E-state index in [-0.39, 0.29) is 5.95 Å². The Balaban J connectivity index is 2.03. The van der Waals surface area contributed by atoms with Gasteiger partial charge in [0.25, 0.3) is 0 Å². The van der Waals surface area contributed by atoms with E-state index in [1.165, 1.54) is 37.7 Å². The van der Waals surface area contributed by atoms with Gasteiger partial charge >= 0.3 is 0 Å². The van der Waals surface area contributed by atoms with Gasteiger partial charge in [0.1, 0.15) is 0 Å². The monoisotopic (exact) mass is 232 g/mol. The fourth-order valence-electron chi connectivity index (χ4n) is 2.93. The average Bonchev–Trinajstić information content (AvgIpc) is 2.66. The molecule has 17 heavy (non-hydrogen) atoms. The lowest BCUT2D eigenvalue weighted by Gasteiger charge is -2.21. The molecule has 3 heteroatoms. The molecule has 0 aliphatic heterocycles. The minimum atomic E-state index is -0.347. The minimum absolute atomic E-state index is 0.347. The molecule has 2 nitrogen and oxygen atoms in total. The summed E-state index contributed by atoms with van der Waals surface area (Å²) in [5, 5.41) is 4.49. The maximum atomic E-state index is 13.6. The molecule has 0 saturated heterocycles. The predicted octanol–water partition coefficient (Wildman–Crippen LogP) is 3.76. The molecule has 0 N–H and O–H groups in total. The maximum absolute atomic E-state index is 13.6. The van der Waals surface area contributed by atoms with E-state index < -0.39 is 0 Å². The van der Waals surface area contributed by atoms with Crippen LogP contribution in [0.1, 0.15) is 43.6 Å². The van der Waals surface area contributed by atoms with Crippen molar-refractivity contribution >= 4 is 10.9 Å². The zero-order valence-corrected chi connectivity index (χ0v) is 10.1. The van der Waals surface area contributed by atoms with Crippen LogP contribution in [-0.4, -0.2) is 9.78 Å². The van der Waals surface area contributed by atoms with Crippen LogP contribution in [0.5, 0.6) is 0 Å². The van der Waals surface area contributed by atoms with E-state index in [9.17, 15) is 4.39 Å². The Labute approximate surface area is 100 Å². The minimum Gasteiger partial charge on any atom is -0.265 e. The third kappa shape index (κ3) is 1.84. The van der Waals surface area contributed by atoms with Crippen molar-refractivity contribution in [3.8, 4) is 0 Å². The molecule has 0 amide bonds. The Hall–Kier alpha value is -1.38. The molecule has 1 saturated carbocycles. The van der Waals surface area contributed by atoms with Crippen LogP contribution in [0.2, 0.25) is 0 Å². The van der Waals surface area contributed by atoms with Crippen LogP contribution >= 0.6 is 0 Å². The van der Waals surface area contributed by atoms with Gasteiger partial charge in [-0.25, -0.2) is 0 Å². The first-order valence-corrected chi connectivity index (χ1v) is 6.38. The molecule has 3 rings (SSSR count). The lowest BCUT2D eigenvalue weighted by atomic mass is 9.84. The molecule has 1 aromatic carbocycles. The summed E-state index contributed by atoms with van der Waals surface area (Å²) in [6, 6.07) is 6.13. The largest absolute Gasteiger partial charge is 0.265 e. The van der Waals surface area contributed by atoms with Gasteiger partial charge in [0, 0.05) is 7.05 Å². The van der Waals surface area contributed by atoms with Gasteiger partial charge in [-0.3, -0.25) is 4.68 Å². The van der Waals surface area contributed by atoms with Crippen molar-refractivity contribution < 1.29 is 4.39 Å². The topological polar surface area (TPSA) is 17.8 Å². The van der Waals surface area contributed by atoms with Gasteiger partial charge < -0.3 is 0 Å². The van der Waals surface area contributed by atoms with Crippen molar-refractivity contribution in [3.63, 3.8) is 0 Å². The van der Waals surface area contributed by atoms with E-state index in [4.69, 9.17) is 0 Å². The Morgan fingerprint density at radius 1 is 1.24 bits per heavy atom. The van der Waals surface area contributed by atoms with Crippen LogP contribution < -0.4 is 0 Å². The van der Waals surface area contributed by atoms with Crippen molar-refractivity contribution in [2.45, 2.75) is 38.0 Å². The van der Waals surface area contributed by atoms with Gasteiger partial charge in [-0.05, 0) is 36.5 Å². The number of hydrogen-bond donors (Lipinski definition) is 0. The molecule has 1 fully saturated rings. The fraction of sp³-hybridized carbons (Fsp3) is 0.500. The molecule has 0 atom stereocenters. The highest BCUT2D eigenvalue weighted by atomic mass is 19.1. The molecular weight excluding hydrogens is 215 g/mol. The second kappa shape index (κ2) is 4.13. The molecule has 1 aliphatic rings. The number of rotatable bonds is 1. The Morgan fingerprint density at radius 2 is 2.00 bits per heavy atom. The molecule has 1 aromatic heterocycles. The molecule has 0 unspecified atom stereocenters. The van der Waals surface area contributed by atoms with Gasteiger partial charge in [-0.2, -0.15) is 4.39 Å². The van der Waals surface area contributed by atoms with Crippen molar-refractivity contribution in [2.24, 2.45) is 7.05 Å². The number of fused-ring (bicyclic) bond motifs is 1. The van der Waals surface area contributed by atoms with Crippen molar-refractivity contribution in [1.29, 1.82) is 0 Å². The summed E-state index contributed by atoms with van der Waals surface area (Å²) in [6.45, 7) is 0. The molecular formula is C14H17FN2. The molecule has 1 aliphatic carbocycles. The van der Waals surface area contributed by atoms with Crippen LogP contribution in [0.15, 0.2) is 18.2 Å². The third-order valence-electron chi connectivity index (χ3n) is 3.91. The predicted molar refractivity (Wildman–Crippen MR) is 66.5 cm³/mol. The summed E-state index contributed by atoms with van der Waals surface area (Å²) in [7, 11) is 1.78. The zero-order chi connectivity index (χ0) is 11.8. The molecule has 0 radical (unpaired) electrons. The van der Waals surface area contributed by atoms with Crippen LogP contribution in [0.3, 0.4) is 0 Å². The maximum Gasteiger partial charge on any atom is 0.240 e. The first kappa shape index (κ1) is 10.8. The van der Waals surface area contributed by atoms with Gasteiger partial charge in [0.2, 0.25) is 5.95 Å². The number of aryl methyl sites for hydroxylation is 1. The quantitative estimate of drug-likeness (QED) is 0.732. The van der Waals surface area contributed by atoms with Crippen molar-refractivity contribution in [1.82, 2.24) is 9.78 Å². The summed E-state index contributed by atoms with van der Waals surface area (Å²) in [4.78, 5) is 0. The molecule has 1 heterocycles. The van der Waals surface area contributed by atoms with Crippen LogP contribution in [0, 0.1) is 5.95 Å². The second-order valence-electron chi connectivity index (χ2n) is 5.03. The molecule has 0 spiro atoms. The van der Waals surface area contributed by atoms with E-state index in [2.05, 4.69) is 11.2 Å². The number of hydrogen-bond acceptors (Lipinski definition) is 1. The van der Waals surface area contributed by atoms with Crippen LogP contribution in [-0.2, 0) is 7.05 Å². The Kier molecular flexibility index (Phi) is 2.61. The SMILES string of the molecule is Cn1nc(F)c2cc(C3CCCCC3)ccc21. The van der Waals surface area contributed by atoms with E-state index in [1.807, 2.05) is 12.1 Å². The molecule has 0 bridgehead atoms. The summed E-state index contributed by atoms with van der Waals surface area (Å²) < 4.78 is 15.2. The van der Waals surface area contributed by atoms with Crippen LogP contribution in [0.25, 0.3) is 10.9 Å². The van der Waals surface area contributed by atoms with E-state index >= 15 is 0 Å². The van der Waals surface area contributed by atoms with E-state index in [1.54, 1.807) is 11.7 Å². The zero-order valence-electron chi connectivity index (χ0n) is 10.1. The smallest absolute Gasteiger partial charge is 0.240 e. The van der Waals surface area contributed by atoms with Crippen LogP contribution in [0.4, 0.5) is 4.39 Å². The number of aromatic nitrogens is 2. The average molecular weight is 232 g/mol. The standard InChI is InChI=1S/C14H17FN2/c1-17-13-8-7-11(9-12(13)14(15)16-17)10-5-3-2-4-6-10/h7-10H,2-6H2,1H3. The Morgan fingerprint density at radius 3 is 2.76 bits per heavy atom. The number of nitrogens with zero attached hydrogens (tertiary/aromatic N) is 2. The van der Waals surface area contributed by atoms with E-state index in [0.717, 1.165) is 5.52 Å². The molecule has 90 valence electrons. The summed E-state index contributed by atoms with van der Waals surface area (Å²) in [6.07, 6.45) is 6.44. The van der Waals surface area contributed by atoms with Gasteiger partial charge in [0.15, 0.2) is 0 Å². The highest BCUT2D eigenvalue weighted by Gasteiger charge is 2.17. The fourth-order valence-corrected chi connectivity index (χ4v) is 2.93. The Bertz CT molecular complexity index is 538. The summed E-state index contributed by atoms with van der Waals surface area (Å²) in [5.74, 6) is 0.271. The number of benzene rings is 1. The van der Waals surface area contributed by atoms with Gasteiger partial charge in [-0.15, -0.1) is 5.10 Å². The van der Waals surface area contributed by atoms with Crippen molar-refractivity contribution in [3.05, 3.63) is 29.7 Å². The van der Waals surface area contributed by atoms with Crippen molar-refractivity contribution in [2.75, 3.05) is 0 Å². The summed E-state index contributed by atoms with van der Waals surface area (Å²) >= 11 is 0. The van der Waals surface area contributed by atoms with Gasteiger partial charge in [0.05, 0.1) is 10.9 Å². The van der Waals surface area contributed by atoms with Gasteiger partial charge in [-0.1, -0.05) is 25.3 Å². The first-order chi connectivity index (χ1) is 8.25. The first-order valence-electron chi connectivity index (χ1n) is 6.38. The molecule has 2 aromatic rings. The lowest BCUT2D eigenvalue weighted by Crippen LogP contribution is -2.04. The second-order valence-corrected chi connectivity index (χ2v) is 5.03. The third-order valence-corrected chi connectivity index (χ3v) is 3.91. The number of halogens is 1. The highest BCUT2D eigenvalue weighted by Crippen LogP contribution is 2.34. The van der Waals surface area contributed by atoms with E-state index in [0.29, 0.717) is 11.3 Å². The highest BCUT2D eigenvalue weighted by molar-refractivity contribution is 5.80. The lowest BCUT2D eigenvalue weighted by molar-refractivity contribution is 0.444. The summed E-state index contributed by atoms with van der Waals surface area (Å²) in [5.41, 5.74) is 2.16. The normalized spacial score (nSPS) is 17.8.